The van der Waals surface area contributed by atoms with Gasteiger partial charge in [0, 0.05) is 41.5 Å². The molecule has 2 heterocycles. The quantitative estimate of drug-likeness (QED) is 0.294. The number of aliphatic imine (C=N–C) groups is 1. The first-order valence-electron chi connectivity index (χ1n) is 12.2. The van der Waals surface area contributed by atoms with Crippen LogP contribution in [0.3, 0.4) is 0 Å². The molecule has 2 aliphatic rings. The van der Waals surface area contributed by atoms with Crippen LogP contribution < -0.4 is 10.6 Å². The lowest BCUT2D eigenvalue weighted by Gasteiger charge is -2.38. The van der Waals surface area contributed by atoms with Gasteiger partial charge in [-0.3, -0.25) is 4.99 Å². The molecule has 1 saturated heterocycles. The highest BCUT2D eigenvalue weighted by Gasteiger charge is 2.26. The summed E-state index contributed by atoms with van der Waals surface area (Å²) >= 11 is 12.6. The summed E-state index contributed by atoms with van der Waals surface area (Å²) in [5, 5.41) is 8.20. The molecule has 1 atom stereocenters. The van der Waals surface area contributed by atoms with E-state index in [-0.39, 0.29) is 6.04 Å². The molecule has 1 unspecified atom stereocenters. The van der Waals surface area contributed by atoms with Crippen molar-refractivity contribution in [3.05, 3.63) is 82.3 Å². The van der Waals surface area contributed by atoms with Crippen LogP contribution >= 0.6 is 23.2 Å². The minimum Gasteiger partial charge on any atom is -0.375 e. The molecule has 0 radical (unpaired) electrons. The van der Waals surface area contributed by atoms with Crippen LogP contribution in [0.2, 0.25) is 0 Å². The van der Waals surface area contributed by atoms with Crippen LogP contribution in [0.15, 0.2) is 87.3 Å². The Bertz CT molecular complexity index is 928. The van der Waals surface area contributed by atoms with Gasteiger partial charge in [-0.25, -0.2) is 0 Å². The third kappa shape index (κ3) is 7.68. The molecule has 4 nitrogen and oxygen atoms in total. The number of hydrogen-bond acceptors (Lipinski definition) is 3. The Balaban J connectivity index is 2.28. The van der Waals surface area contributed by atoms with Gasteiger partial charge in [-0.15, -0.1) is 0 Å². The lowest BCUT2D eigenvalue weighted by Crippen LogP contribution is -2.42. The third-order valence-electron chi connectivity index (χ3n) is 6.47. The predicted molar refractivity (Wildman–Crippen MR) is 150 cm³/mol. The molecule has 0 spiro atoms. The highest BCUT2D eigenvalue weighted by atomic mass is 35.5. The Morgan fingerprint density at radius 3 is 2.47 bits per heavy atom. The van der Waals surface area contributed by atoms with Crippen LogP contribution in [0.1, 0.15) is 52.9 Å². The second-order valence-corrected chi connectivity index (χ2v) is 9.68. The summed E-state index contributed by atoms with van der Waals surface area (Å²) in [4.78, 5) is 6.74. The largest absolute Gasteiger partial charge is 0.375 e. The summed E-state index contributed by atoms with van der Waals surface area (Å²) in [7, 11) is 1.74. The van der Waals surface area contributed by atoms with E-state index in [9.17, 15) is 0 Å². The van der Waals surface area contributed by atoms with Gasteiger partial charge in [-0.05, 0) is 56.3 Å². The smallest absolute Gasteiger partial charge is 0.132 e. The van der Waals surface area contributed by atoms with Gasteiger partial charge >= 0.3 is 0 Å². The van der Waals surface area contributed by atoms with Crippen LogP contribution in [-0.4, -0.2) is 36.9 Å². The fraction of sp³-hybridized carbons (Fsp3) is 0.464. The summed E-state index contributed by atoms with van der Waals surface area (Å²) in [6.45, 7) is 21.1. The Morgan fingerprint density at radius 1 is 1.26 bits per heavy atom. The zero-order valence-corrected chi connectivity index (χ0v) is 22.7. The highest BCUT2D eigenvalue weighted by Crippen LogP contribution is 2.29. The molecule has 2 aliphatic heterocycles. The van der Waals surface area contributed by atoms with Crippen molar-refractivity contribution in [3.8, 4) is 0 Å². The van der Waals surface area contributed by atoms with E-state index >= 15 is 0 Å². The number of halogens is 2. The first kappa shape index (κ1) is 28.1. The Hall–Kier alpha value is -2.17. The molecular weight excluding hydrogens is 463 g/mol. The molecule has 34 heavy (non-hydrogen) atoms. The monoisotopic (exact) mass is 502 g/mol. The second kappa shape index (κ2) is 13.7. The highest BCUT2D eigenvalue weighted by molar-refractivity contribution is 6.32. The van der Waals surface area contributed by atoms with Crippen molar-refractivity contribution >= 4 is 29.0 Å². The summed E-state index contributed by atoms with van der Waals surface area (Å²) in [6, 6.07) is -0.0436. The van der Waals surface area contributed by atoms with E-state index in [1.807, 2.05) is 19.1 Å². The van der Waals surface area contributed by atoms with Gasteiger partial charge in [0.1, 0.15) is 5.84 Å². The van der Waals surface area contributed by atoms with Crippen molar-refractivity contribution in [3.63, 3.8) is 0 Å². The number of amidine groups is 1. The third-order valence-corrected chi connectivity index (χ3v) is 7.04. The van der Waals surface area contributed by atoms with Crippen LogP contribution in [0.4, 0.5) is 0 Å². The summed E-state index contributed by atoms with van der Waals surface area (Å²) < 4.78 is 0. The molecule has 6 heteroatoms. The van der Waals surface area contributed by atoms with Gasteiger partial charge in [0.15, 0.2) is 0 Å². The predicted octanol–water partition coefficient (Wildman–Crippen LogP) is 7.16. The van der Waals surface area contributed by atoms with E-state index in [2.05, 4.69) is 60.2 Å². The van der Waals surface area contributed by atoms with Crippen LogP contribution in [0, 0.1) is 5.92 Å². The number of nitrogens with one attached hydrogen (secondary N) is 2. The first-order chi connectivity index (χ1) is 16.2. The molecule has 0 aromatic carbocycles. The van der Waals surface area contributed by atoms with E-state index in [1.54, 1.807) is 13.1 Å². The van der Waals surface area contributed by atoms with Gasteiger partial charge < -0.3 is 15.5 Å². The van der Waals surface area contributed by atoms with E-state index < -0.39 is 0 Å². The van der Waals surface area contributed by atoms with Crippen LogP contribution in [-0.2, 0) is 0 Å². The lowest BCUT2D eigenvalue weighted by molar-refractivity contribution is 0.210. The molecule has 2 rings (SSSR count). The van der Waals surface area contributed by atoms with Gasteiger partial charge in [-0.1, -0.05) is 75.4 Å². The molecule has 186 valence electrons. The number of piperidine rings is 1. The van der Waals surface area contributed by atoms with Crippen LogP contribution in [0.25, 0.3) is 0 Å². The van der Waals surface area contributed by atoms with Gasteiger partial charge in [0.05, 0.1) is 17.4 Å². The molecule has 0 saturated carbocycles. The molecule has 0 bridgehead atoms. The lowest BCUT2D eigenvalue weighted by atomic mass is 9.93. The van der Waals surface area contributed by atoms with Gasteiger partial charge in [0.25, 0.3) is 0 Å². The fourth-order valence-electron chi connectivity index (χ4n) is 4.41. The number of nitrogens with zero attached hydrogens (tertiary/aromatic N) is 2. The Labute approximate surface area is 216 Å². The van der Waals surface area contributed by atoms with Crippen LogP contribution in [0.5, 0.6) is 0 Å². The zero-order valence-electron chi connectivity index (χ0n) is 21.2. The van der Waals surface area contributed by atoms with Gasteiger partial charge in [-0.2, -0.15) is 0 Å². The number of likely N-dealkylation sites (tertiary alicyclic amines) is 1. The first-order valence-corrected chi connectivity index (χ1v) is 12.9. The Morgan fingerprint density at radius 2 is 1.94 bits per heavy atom. The maximum absolute atomic E-state index is 6.58. The van der Waals surface area contributed by atoms with E-state index in [0.717, 1.165) is 71.0 Å². The number of rotatable bonds is 11. The van der Waals surface area contributed by atoms with Crippen molar-refractivity contribution in [1.82, 2.24) is 15.5 Å². The molecular formula is C28H40Cl2N4. The van der Waals surface area contributed by atoms with E-state index in [1.165, 1.54) is 19.3 Å². The maximum atomic E-state index is 6.58. The van der Waals surface area contributed by atoms with E-state index in [0.29, 0.717) is 5.03 Å². The standard InChI is InChI=1S/C28H40Cl2N4/c1-8-11-23(25(30)10-3)17-27(21(6)34-14-12-22(9-2)13-15-34)32-20(5)26-18-24(16-19(4)29)28(31-7)33-26/h10-11,16,18,22,27,32H,4-6,8-9,12-15,17H2,1-3,7H3,(H,31,33)/b23-11-,24-16-,25-10+. The second-order valence-electron chi connectivity index (χ2n) is 8.79. The maximum Gasteiger partial charge on any atom is 0.132 e. The minimum atomic E-state index is -0.0436. The average Bonchev–Trinajstić information content (AvgIpc) is 3.24. The molecule has 0 aromatic rings. The van der Waals surface area contributed by atoms with E-state index in [4.69, 9.17) is 23.2 Å². The van der Waals surface area contributed by atoms with Crippen molar-refractivity contribution in [2.24, 2.45) is 10.9 Å². The fourth-order valence-corrected chi connectivity index (χ4v) is 4.68. The number of hydrogen-bond donors (Lipinski definition) is 2. The molecule has 0 aromatic heterocycles. The Kier molecular flexibility index (Phi) is 11.3. The van der Waals surface area contributed by atoms with Crippen molar-refractivity contribution < 1.29 is 0 Å². The molecule has 0 amide bonds. The summed E-state index contributed by atoms with van der Waals surface area (Å²) in [5.41, 5.74) is 4.69. The average molecular weight is 504 g/mol. The SMILES string of the molecule is C=C(Cl)/C=C1/C=C(C(=C)NC(CC(=C/CC)/C(Cl)=C\C)C(=C)N2CCC(CC)CC2)N/C1=N/C. The molecule has 2 N–H and O–H groups in total. The molecule has 1 fully saturated rings. The van der Waals surface area contributed by atoms with Crippen molar-refractivity contribution in [2.75, 3.05) is 20.1 Å². The summed E-state index contributed by atoms with van der Waals surface area (Å²) in [5.74, 6) is 1.54. The number of allylic oxidation sites excluding steroid dienone is 5. The summed E-state index contributed by atoms with van der Waals surface area (Å²) in [6.07, 6.45) is 13.2. The minimum absolute atomic E-state index is 0.0436. The van der Waals surface area contributed by atoms with Crippen molar-refractivity contribution in [2.45, 2.75) is 58.9 Å². The van der Waals surface area contributed by atoms with Crippen molar-refractivity contribution in [1.29, 1.82) is 0 Å². The molecule has 0 aliphatic carbocycles. The zero-order chi connectivity index (χ0) is 25.3. The van der Waals surface area contributed by atoms with Gasteiger partial charge in [0.2, 0.25) is 0 Å². The topological polar surface area (TPSA) is 39.7 Å². The normalized spacial score (nSPS) is 20.9.